The molecule has 0 aliphatic heterocycles. The third-order valence-electron chi connectivity index (χ3n) is 12.9. The van der Waals surface area contributed by atoms with E-state index >= 15 is 0 Å². The van der Waals surface area contributed by atoms with Gasteiger partial charge in [-0.25, -0.2) is 0 Å². The Morgan fingerprint density at radius 2 is 0.694 bits per heavy atom. The zero-order valence-electron chi connectivity index (χ0n) is 35.0. The van der Waals surface area contributed by atoms with Crippen molar-refractivity contribution in [3.8, 4) is 66.8 Å². The van der Waals surface area contributed by atoms with Gasteiger partial charge in [-0.1, -0.05) is 202 Å². The van der Waals surface area contributed by atoms with Crippen LogP contribution in [0.25, 0.3) is 77.5 Å². The number of fused-ring (bicyclic) bond motifs is 4. The van der Waals surface area contributed by atoms with E-state index in [0.29, 0.717) is 0 Å². The standard InChI is InChI=1S/C61H45N/c1-61(2)59-20-12-11-19-56(59)57-37-31-51(40-60(57)61)45-21-24-48(25-22-45)58-41-54(36-38-55(58)47-16-7-4-8-17-47)62(52-32-27-44(28-33-52)42-13-5-3-6-14-42)53-34-29-46(30-35-53)50-26-23-43-15-9-10-18-49(43)39-50/h3-41H,1-2H3. The van der Waals surface area contributed by atoms with E-state index in [1.807, 2.05) is 0 Å². The van der Waals surface area contributed by atoms with Crippen LogP contribution in [0, 0.1) is 0 Å². The molecule has 0 fully saturated rings. The maximum absolute atomic E-state index is 2.41. The van der Waals surface area contributed by atoms with E-state index < -0.39 is 0 Å². The number of hydrogen-bond donors (Lipinski definition) is 0. The van der Waals surface area contributed by atoms with E-state index in [-0.39, 0.29) is 5.41 Å². The summed E-state index contributed by atoms with van der Waals surface area (Å²) < 4.78 is 0. The van der Waals surface area contributed by atoms with Crippen LogP contribution < -0.4 is 4.90 Å². The van der Waals surface area contributed by atoms with Crippen molar-refractivity contribution in [2.45, 2.75) is 19.3 Å². The Bertz CT molecular complexity index is 3220. The Morgan fingerprint density at radius 3 is 1.39 bits per heavy atom. The molecule has 0 spiro atoms. The third kappa shape index (κ3) is 6.69. The summed E-state index contributed by atoms with van der Waals surface area (Å²) in [5.74, 6) is 0. The molecule has 1 aliphatic carbocycles. The fourth-order valence-electron chi connectivity index (χ4n) is 9.56. The van der Waals surface area contributed by atoms with Gasteiger partial charge in [0.15, 0.2) is 0 Å². The van der Waals surface area contributed by atoms with E-state index in [9.17, 15) is 0 Å². The summed E-state index contributed by atoms with van der Waals surface area (Å²) in [6, 6.07) is 86.6. The molecule has 10 aromatic rings. The molecule has 0 radical (unpaired) electrons. The van der Waals surface area contributed by atoms with Gasteiger partial charge in [-0.05, 0) is 137 Å². The van der Waals surface area contributed by atoms with Crippen molar-refractivity contribution in [1.82, 2.24) is 0 Å². The van der Waals surface area contributed by atoms with E-state index in [1.165, 1.54) is 88.7 Å². The van der Waals surface area contributed by atoms with Crippen molar-refractivity contribution < 1.29 is 0 Å². The SMILES string of the molecule is CC1(C)c2ccccc2-c2ccc(-c3ccc(-c4cc(N(c5ccc(-c6ccccc6)cc5)c5ccc(-c6ccc7ccccc7c6)cc5)ccc4-c4ccccc4)cc3)cc21. The van der Waals surface area contributed by atoms with Gasteiger partial charge in [-0.3, -0.25) is 0 Å². The van der Waals surface area contributed by atoms with Gasteiger partial charge < -0.3 is 4.90 Å². The highest BCUT2D eigenvalue weighted by molar-refractivity contribution is 5.91. The van der Waals surface area contributed by atoms with Crippen LogP contribution in [0.15, 0.2) is 237 Å². The first-order valence-corrected chi connectivity index (χ1v) is 21.6. The monoisotopic (exact) mass is 791 g/mol. The molecule has 0 saturated carbocycles. The van der Waals surface area contributed by atoms with Gasteiger partial charge in [0.2, 0.25) is 0 Å². The Balaban J connectivity index is 1.00. The second kappa shape index (κ2) is 15.4. The number of nitrogens with zero attached hydrogens (tertiary/aromatic N) is 1. The van der Waals surface area contributed by atoms with Crippen LogP contribution >= 0.6 is 0 Å². The van der Waals surface area contributed by atoms with E-state index in [2.05, 4.69) is 255 Å². The molecule has 10 aromatic carbocycles. The molecular weight excluding hydrogens is 747 g/mol. The predicted molar refractivity (Wildman–Crippen MR) is 263 cm³/mol. The fourth-order valence-corrected chi connectivity index (χ4v) is 9.56. The van der Waals surface area contributed by atoms with Gasteiger partial charge in [0.1, 0.15) is 0 Å². The van der Waals surface area contributed by atoms with Crippen molar-refractivity contribution in [3.63, 3.8) is 0 Å². The Kier molecular flexibility index (Phi) is 9.24. The zero-order valence-corrected chi connectivity index (χ0v) is 35.0. The van der Waals surface area contributed by atoms with Crippen molar-refractivity contribution in [3.05, 3.63) is 248 Å². The molecule has 0 N–H and O–H groups in total. The minimum Gasteiger partial charge on any atom is -0.310 e. The summed E-state index contributed by atoms with van der Waals surface area (Å²) in [5.41, 5.74) is 20.7. The zero-order chi connectivity index (χ0) is 41.6. The quantitative estimate of drug-likeness (QED) is 0.148. The second-order valence-electron chi connectivity index (χ2n) is 17.0. The highest BCUT2D eigenvalue weighted by Crippen LogP contribution is 2.50. The van der Waals surface area contributed by atoms with Crippen molar-refractivity contribution >= 4 is 27.8 Å². The second-order valence-corrected chi connectivity index (χ2v) is 17.0. The van der Waals surface area contributed by atoms with Crippen LogP contribution in [0.1, 0.15) is 25.0 Å². The largest absolute Gasteiger partial charge is 0.310 e. The molecule has 0 amide bonds. The van der Waals surface area contributed by atoms with Crippen molar-refractivity contribution in [2.75, 3.05) is 4.90 Å². The van der Waals surface area contributed by atoms with Crippen LogP contribution in [0.4, 0.5) is 17.1 Å². The van der Waals surface area contributed by atoms with Gasteiger partial charge in [0.25, 0.3) is 0 Å². The summed E-state index contributed by atoms with van der Waals surface area (Å²) in [7, 11) is 0. The average Bonchev–Trinajstić information content (AvgIpc) is 3.57. The van der Waals surface area contributed by atoms with E-state index in [1.54, 1.807) is 0 Å². The maximum atomic E-state index is 2.41. The number of anilines is 3. The molecule has 0 bridgehead atoms. The smallest absolute Gasteiger partial charge is 0.0468 e. The number of hydrogen-bond acceptors (Lipinski definition) is 1. The number of benzene rings is 10. The highest BCUT2D eigenvalue weighted by atomic mass is 15.1. The minimum absolute atomic E-state index is 0.0442. The van der Waals surface area contributed by atoms with Gasteiger partial charge in [0.05, 0.1) is 0 Å². The van der Waals surface area contributed by atoms with Gasteiger partial charge in [-0.15, -0.1) is 0 Å². The molecular formula is C61H45N. The lowest BCUT2D eigenvalue weighted by molar-refractivity contribution is 0.660. The summed E-state index contributed by atoms with van der Waals surface area (Å²) >= 11 is 0. The highest BCUT2D eigenvalue weighted by Gasteiger charge is 2.35. The molecule has 1 heteroatoms. The Morgan fingerprint density at radius 1 is 0.258 bits per heavy atom. The summed E-state index contributed by atoms with van der Waals surface area (Å²) in [6.07, 6.45) is 0. The molecule has 294 valence electrons. The lowest BCUT2D eigenvalue weighted by Gasteiger charge is -2.27. The van der Waals surface area contributed by atoms with Crippen LogP contribution in [0.3, 0.4) is 0 Å². The van der Waals surface area contributed by atoms with Crippen LogP contribution in [-0.4, -0.2) is 0 Å². The molecule has 0 unspecified atom stereocenters. The van der Waals surface area contributed by atoms with Gasteiger partial charge in [-0.2, -0.15) is 0 Å². The van der Waals surface area contributed by atoms with Crippen LogP contribution in [0.2, 0.25) is 0 Å². The summed E-state index contributed by atoms with van der Waals surface area (Å²) in [5, 5.41) is 2.50. The lowest BCUT2D eigenvalue weighted by Crippen LogP contribution is -2.14. The molecule has 62 heavy (non-hydrogen) atoms. The number of rotatable bonds is 8. The molecule has 0 aromatic heterocycles. The molecule has 1 aliphatic rings. The van der Waals surface area contributed by atoms with Crippen LogP contribution in [-0.2, 0) is 5.41 Å². The normalized spacial score (nSPS) is 12.5. The lowest BCUT2D eigenvalue weighted by atomic mass is 9.81. The first-order chi connectivity index (χ1) is 30.5. The summed E-state index contributed by atoms with van der Waals surface area (Å²) in [4.78, 5) is 2.38. The van der Waals surface area contributed by atoms with Gasteiger partial charge >= 0.3 is 0 Å². The predicted octanol–water partition coefficient (Wildman–Crippen LogP) is 17.0. The van der Waals surface area contributed by atoms with Gasteiger partial charge in [0, 0.05) is 22.5 Å². The van der Waals surface area contributed by atoms with Crippen LogP contribution in [0.5, 0.6) is 0 Å². The Hall–Kier alpha value is -7.74. The first kappa shape index (κ1) is 37.3. The molecule has 0 atom stereocenters. The molecule has 0 heterocycles. The average molecular weight is 792 g/mol. The first-order valence-electron chi connectivity index (χ1n) is 21.6. The van der Waals surface area contributed by atoms with E-state index in [4.69, 9.17) is 0 Å². The Labute approximate surface area is 364 Å². The van der Waals surface area contributed by atoms with Crippen molar-refractivity contribution in [2.24, 2.45) is 0 Å². The van der Waals surface area contributed by atoms with Crippen molar-refractivity contribution in [1.29, 1.82) is 0 Å². The molecule has 1 nitrogen and oxygen atoms in total. The van der Waals surface area contributed by atoms with E-state index in [0.717, 1.165) is 17.1 Å². The minimum atomic E-state index is -0.0442. The topological polar surface area (TPSA) is 3.24 Å². The molecule has 11 rings (SSSR count). The third-order valence-corrected chi connectivity index (χ3v) is 12.9. The maximum Gasteiger partial charge on any atom is 0.0468 e. The molecule has 0 saturated heterocycles. The fraction of sp³-hybridized carbons (Fsp3) is 0.0492. The summed E-state index contributed by atoms with van der Waals surface area (Å²) in [6.45, 7) is 4.70.